The smallest absolute Gasteiger partial charge is 0.261 e. The summed E-state index contributed by atoms with van der Waals surface area (Å²) in [5.74, 6) is -0.197. The lowest BCUT2D eigenvalue weighted by Crippen LogP contribution is -2.57. The van der Waals surface area contributed by atoms with Gasteiger partial charge in [-0.15, -0.1) is 11.3 Å². The van der Waals surface area contributed by atoms with E-state index in [4.69, 9.17) is 0 Å². The molecule has 1 unspecified atom stereocenters. The fraction of sp³-hybridized carbons (Fsp3) is 0.538. The summed E-state index contributed by atoms with van der Waals surface area (Å²) in [6.45, 7) is 6.05. The molecule has 0 radical (unpaired) electrons. The lowest BCUT2D eigenvalue weighted by molar-refractivity contribution is -0.135. The molecule has 2 atom stereocenters. The van der Waals surface area contributed by atoms with Gasteiger partial charge >= 0.3 is 0 Å². The maximum absolute atomic E-state index is 12.3. The van der Waals surface area contributed by atoms with E-state index < -0.39 is 6.04 Å². The molecule has 2 rings (SSSR count). The Labute approximate surface area is 117 Å². The predicted octanol–water partition coefficient (Wildman–Crippen LogP) is 0.687. The van der Waals surface area contributed by atoms with E-state index in [0.717, 1.165) is 13.1 Å². The fourth-order valence-corrected chi connectivity index (χ4v) is 2.78. The maximum atomic E-state index is 12.3. The molecule has 0 bridgehead atoms. The van der Waals surface area contributed by atoms with Crippen molar-refractivity contribution in [2.24, 2.45) is 0 Å². The summed E-state index contributed by atoms with van der Waals surface area (Å²) in [6, 6.07) is 3.26. The number of rotatable bonds is 3. The number of nitrogens with zero attached hydrogens (tertiary/aromatic N) is 1. The molecule has 6 heteroatoms. The number of carbonyl (C=O) groups is 2. The van der Waals surface area contributed by atoms with E-state index >= 15 is 0 Å². The first-order valence-corrected chi connectivity index (χ1v) is 7.33. The molecule has 0 aromatic carbocycles. The number of amides is 2. The summed E-state index contributed by atoms with van der Waals surface area (Å²) in [5, 5.41) is 7.85. The van der Waals surface area contributed by atoms with Gasteiger partial charge in [0.15, 0.2) is 0 Å². The molecule has 2 heterocycles. The Morgan fingerprint density at radius 2 is 2.37 bits per heavy atom. The minimum absolute atomic E-state index is 0.0149. The number of thiophene rings is 1. The number of hydrogen-bond donors (Lipinski definition) is 2. The van der Waals surface area contributed by atoms with Gasteiger partial charge in [0, 0.05) is 25.7 Å². The molecule has 19 heavy (non-hydrogen) atoms. The van der Waals surface area contributed by atoms with E-state index in [2.05, 4.69) is 10.6 Å². The van der Waals surface area contributed by atoms with Crippen LogP contribution in [0, 0.1) is 0 Å². The molecule has 1 saturated heterocycles. The van der Waals surface area contributed by atoms with Gasteiger partial charge in [0.25, 0.3) is 5.91 Å². The van der Waals surface area contributed by atoms with Crippen LogP contribution >= 0.6 is 11.3 Å². The highest BCUT2D eigenvalue weighted by molar-refractivity contribution is 7.12. The van der Waals surface area contributed by atoms with E-state index in [-0.39, 0.29) is 17.9 Å². The van der Waals surface area contributed by atoms with Crippen LogP contribution in [0.25, 0.3) is 0 Å². The largest absolute Gasteiger partial charge is 0.340 e. The van der Waals surface area contributed by atoms with E-state index in [9.17, 15) is 9.59 Å². The Balaban J connectivity index is 1.93. The highest BCUT2D eigenvalue weighted by atomic mass is 32.1. The van der Waals surface area contributed by atoms with Gasteiger partial charge in [-0.2, -0.15) is 0 Å². The van der Waals surface area contributed by atoms with Crippen molar-refractivity contribution in [2.45, 2.75) is 25.9 Å². The molecule has 5 nitrogen and oxygen atoms in total. The number of nitrogens with one attached hydrogen (secondary N) is 2. The first-order chi connectivity index (χ1) is 9.09. The van der Waals surface area contributed by atoms with Crippen LogP contribution in [0.3, 0.4) is 0 Å². The summed E-state index contributed by atoms with van der Waals surface area (Å²) < 4.78 is 0. The van der Waals surface area contributed by atoms with Crippen LogP contribution in [0.5, 0.6) is 0 Å². The third kappa shape index (κ3) is 3.33. The van der Waals surface area contributed by atoms with E-state index in [0.29, 0.717) is 11.4 Å². The molecule has 1 aliphatic heterocycles. The van der Waals surface area contributed by atoms with Crippen LogP contribution < -0.4 is 10.6 Å². The average molecular weight is 281 g/mol. The lowest BCUT2D eigenvalue weighted by atomic mass is 10.1. The third-order valence-corrected chi connectivity index (χ3v) is 4.12. The molecule has 0 spiro atoms. The zero-order valence-corrected chi connectivity index (χ0v) is 12.0. The van der Waals surface area contributed by atoms with Crippen LogP contribution in [0.4, 0.5) is 0 Å². The van der Waals surface area contributed by atoms with Crippen LogP contribution in [-0.4, -0.2) is 48.4 Å². The highest BCUT2D eigenvalue weighted by Gasteiger charge is 2.27. The monoisotopic (exact) mass is 281 g/mol. The van der Waals surface area contributed by atoms with Crippen LogP contribution in [0.15, 0.2) is 17.5 Å². The Bertz CT molecular complexity index is 447. The first kappa shape index (κ1) is 14.0. The Morgan fingerprint density at radius 1 is 1.58 bits per heavy atom. The quantitative estimate of drug-likeness (QED) is 0.857. The third-order valence-electron chi connectivity index (χ3n) is 3.25. The molecule has 1 aromatic rings. The standard InChI is InChI=1S/C13H19N3O2S/c1-9-8-14-5-6-16(9)13(18)10(2)15-12(17)11-4-3-7-19-11/h3-4,7,9-10,14H,5-6,8H2,1-2H3,(H,15,17)/t9-,10?/m0/s1. The Morgan fingerprint density at radius 3 is 3.00 bits per heavy atom. The van der Waals surface area contributed by atoms with Gasteiger partial charge in [-0.3, -0.25) is 9.59 Å². The first-order valence-electron chi connectivity index (χ1n) is 6.45. The van der Waals surface area contributed by atoms with E-state index in [1.807, 2.05) is 23.3 Å². The second-order valence-corrected chi connectivity index (χ2v) is 5.70. The summed E-state index contributed by atoms with van der Waals surface area (Å²) in [6.07, 6.45) is 0. The molecule has 1 aliphatic rings. The SMILES string of the molecule is CC(NC(=O)c1cccs1)C(=O)N1CCNC[C@@H]1C. The van der Waals surface area contributed by atoms with Crippen molar-refractivity contribution in [1.29, 1.82) is 0 Å². The van der Waals surface area contributed by atoms with E-state index in [1.165, 1.54) is 11.3 Å². The lowest BCUT2D eigenvalue weighted by Gasteiger charge is -2.35. The summed E-state index contributed by atoms with van der Waals surface area (Å²) in [5.41, 5.74) is 0. The van der Waals surface area contributed by atoms with Crippen molar-refractivity contribution in [3.05, 3.63) is 22.4 Å². The molecule has 0 aliphatic carbocycles. The van der Waals surface area contributed by atoms with Crippen molar-refractivity contribution in [3.63, 3.8) is 0 Å². The molecule has 0 saturated carbocycles. The predicted molar refractivity (Wildman–Crippen MR) is 75.3 cm³/mol. The van der Waals surface area contributed by atoms with Crippen molar-refractivity contribution < 1.29 is 9.59 Å². The van der Waals surface area contributed by atoms with Crippen LogP contribution in [0.2, 0.25) is 0 Å². The highest BCUT2D eigenvalue weighted by Crippen LogP contribution is 2.09. The van der Waals surface area contributed by atoms with Crippen molar-refractivity contribution >= 4 is 23.2 Å². The number of piperazine rings is 1. The maximum Gasteiger partial charge on any atom is 0.261 e. The zero-order valence-electron chi connectivity index (χ0n) is 11.2. The molecular formula is C13H19N3O2S. The Kier molecular flexibility index (Phi) is 4.55. The van der Waals surface area contributed by atoms with E-state index in [1.54, 1.807) is 13.0 Å². The average Bonchev–Trinajstić information content (AvgIpc) is 2.92. The minimum Gasteiger partial charge on any atom is -0.340 e. The van der Waals surface area contributed by atoms with Crippen molar-refractivity contribution in [3.8, 4) is 0 Å². The van der Waals surface area contributed by atoms with Crippen molar-refractivity contribution in [1.82, 2.24) is 15.5 Å². The topological polar surface area (TPSA) is 61.4 Å². The minimum atomic E-state index is -0.491. The molecule has 104 valence electrons. The van der Waals surface area contributed by atoms with Crippen LogP contribution in [0.1, 0.15) is 23.5 Å². The molecule has 2 amide bonds. The van der Waals surface area contributed by atoms with Gasteiger partial charge in [0.1, 0.15) is 6.04 Å². The zero-order chi connectivity index (χ0) is 13.8. The number of carbonyl (C=O) groups excluding carboxylic acids is 2. The van der Waals surface area contributed by atoms with Gasteiger partial charge in [-0.1, -0.05) is 6.07 Å². The summed E-state index contributed by atoms with van der Waals surface area (Å²) >= 11 is 1.37. The normalized spacial score (nSPS) is 20.9. The summed E-state index contributed by atoms with van der Waals surface area (Å²) in [4.78, 5) is 26.7. The molecule has 1 fully saturated rings. The molecule has 1 aromatic heterocycles. The second kappa shape index (κ2) is 6.16. The van der Waals surface area contributed by atoms with Crippen LogP contribution in [-0.2, 0) is 4.79 Å². The Hall–Kier alpha value is -1.40. The van der Waals surface area contributed by atoms with Gasteiger partial charge in [0.05, 0.1) is 4.88 Å². The fourth-order valence-electron chi connectivity index (χ4n) is 2.15. The molecular weight excluding hydrogens is 262 g/mol. The van der Waals surface area contributed by atoms with Gasteiger partial charge in [0.2, 0.25) is 5.91 Å². The van der Waals surface area contributed by atoms with Gasteiger partial charge in [-0.05, 0) is 25.3 Å². The van der Waals surface area contributed by atoms with Crippen molar-refractivity contribution in [2.75, 3.05) is 19.6 Å². The second-order valence-electron chi connectivity index (χ2n) is 4.76. The molecule has 2 N–H and O–H groups in total. The number of hydrogen-bond acceptors (Lipinski definition) is 4. The van der Waals surface area contributed by atoms with Gasteiger partial charge in [-0.25, -0.2) is 0 Å². The van der Waals surface area contributed by atoms with Gasteiger partial charge < -0.3 is 15.5 Å². The summed E-state index contributed by atoms with van der Waals surface area (Å²) in [7, 11) is 0.